The highest BCUT2D eigenvalue weighted by Crippen LogP contribution is 2.36. The number of ether oxygens (including phenoxy) is 2. The van der Waals surface area contributed by atoms with Gasteiger partial charge in [0.15, 0.2) is 17.1 Å². The average molecular weight is 583 g/mol. The number of anilines is 1. The first kappa shape index (κ1) is 28.4. The van der Waals surface area contributed by atoms with E-state index in [-0.39, 0.29) is 11.7 Å². The average Bonchev–Trinajstić information content (AvgIpc) is 3.52. The van der Waals surface area contributed by atoms with Crippen molar-refractivity contribution in [2.24, 2.45) is 0 Å². The Kier molecular flexibility index (Phi) is 9.45. The van der Waals surface area contributed by atoms with Crippen LogP contribution in [0.15, 0.2) is 71.7 Å². The first-order valence-corrected chi connectivity index (χ1v) is 14.2. The lowest BCUT2D eigenvalue weighted by Gasteiger charge is -2.16. The van der Waals surface area contributed by atoms with Gasteiger partial charge in [-0.15, -0.1) is 28.1 Å². The molecule has 39 heavy (non-hydrogen) atoms. The minimum Gasteiger partial charge on any atom is -0.483 e. The topological polar surface area (TPSA) is 95.3 Å². The molecule has 0 radical (unpaired) electrons. The first-order valence-electron chi connectivity index (χ1n) is 12.0. The molecule has 202 valence electrons. The molecule has 0 saturated carbocycles. The SMILES string of the molecule is C=CCn1c(SCC(=O)Nc2scc(-c3ccc(C)cc3)c2C(=O)OC)nnc1C(C)Oc1cccc(Cl)c1. The lowest BCUT2D eigenvalue weighted by atomic mass is 10.0. The minimum absolute atomic E-state index is 0.0528. The summed E-state index contributed by atoms with van der Waals surface area (Å²) in [5.74, 6) is 0.446. The van der Waals surface area contributed by atoms with Crippen LogP contribution < -0.4 is 10.1 Å². The van der Waals surface area contributed by atoms with Crippen LogP contribution in [-0.2, 0) is 16.1 Å². The van der Waals surface area contributed by atoms with Crippen molar-refractivity contribution < 1.29 is 19.1 Å². The molecule has 4 rings (SSSR count). The molecule has 0 aliphatic heterocycles. The van der Waals surface area contributed by atoms with Gasteiger partial charge in [-0.1, -0.05) is 65.3 Å². The van der Waals surface area contributed by atoms with E-state index in [2.05, 4.69) is 22.1 Å². The molecule has 0 aliphatic carbocycles. The Hall–Kier alpha value is -3.60. The molecule has 0 bridgehead atoms. The first-order chi connectivity index (χ1) is 18.8. The number of thioether (sulfide) groups is 1. The van der Waals surface area contributed by atoms with Crippen molar-refractivity contribution in [2.45, 2.75) is 31.7 Å². The molecule has 1 unspecified atom stereocenters. The Labute approximate surface area is 240 Å². The second kappa shape index (κ2) is 13.0. The monoisotopic (exact) mass is 582 g/mol. The van der Waals surface area contributed by atoms with Gasteiger partial charge in [-0.05, 0) is 37.6 Å². The number of thiophene rings is 1. The third-order valence-electron chi connectivity index (χ3n) is 5.66. The normalized spacial score (nSPS) is 11.6. The number of halogens is 1. The molecule has 0 saturated heterocycles. The second-order valence-electron chi connectivity index (χ2n) is 8.51. The third kappa shape index (κ3) is 6.89. The van der Waals surface area contributed by atoms with Crippen LogP contribution in [0.25, 0.3) is 11.1 Å². The van der Waals surface area contributed by atoms with Gasteiger partial charge in [-0.25, -0.2) is 4.79 Å². The van der Waals surface area contributed by atoms with Crippen LogP contribution in [0.5, 0.6) is 5.75 Å². The lowest BCUT2D eigenvalue weighted by Crippen LogP contribution is -2.17. The van der Waals surface area contributed by atoms with Crippen LogP contribution in [0, 0.1) is 6.92 Å². The molecular weight excluding hydrogens is 556 g/mol. The van der Waals surface area contributed by atoms with E-state index in [0.29, 0.717) is 44.4 Å². The van der Waals surface area contributed by atoms with Crippen LogP contribution in [0.3, 0.4) is 0 Å². The molecule has 0 fully saturated rings. The number of nitrogens with one attached hydrogen (secondary N) is 1. The van der Waals surface area contributed by atoms with Crippen molar-refractivity contribution in [3.63, 3.8) is 0 Å². The number of hydrogen-bond donors (Lipinski definition) is 1. The molecule has 1 amide bonds. The summed E-state index contributed by atoms with van der Waals surface area (Å²) >= 11 is 8.57. The number of methoxy groups -OCH3 is 1. The van der Waals surface area contributed by atoms with Crippen LogP contribution in [0.2, 0.25) is 5.02 Å². The fraction of sp³-hybridized carbons (Fsp3) is 0.214. The number of carbonyl (C=O) groups is 2. The summed E-state index contributed by atoms with van der Waals surface area (Å²) in [6, 6.07) is 14.9. The van der Waals surface area contributed by atoms with Crippen molar-refractivity contribution in [1.82, 2.24) is 14.8 Å². The number of nitrogens with zero attached hydrogens (tertiary/aromatic N) is 3. The van der Waals surface area contributed by atoms with Gasteiger partial charge in [0.2, 0.25) is 5.91 Å². The van der Waals surface area contributed by atoms with Gasteiger partial charge in [0, 0.05) is 22.5 Å². The Bertz CT molecular complexity index is 1480. The lowest BCUT2D eigenvalue weighted by molar-refractivity contribution is -0.113. The van der Waals surface area contributed by atoms with Crippen LogP contribution in [-0.4, -0.2) is 39.5 Å². The summed E-state index contributed by atoms with van der Waals surface area (Å²) < 4.78 is 12.9. The standard InChI is InChI=1S/C28H27ClN4O4S2/c1-5-13-33-25(18(3)37-21-8-6-7-20(29)14-21)31-32-28(33)39-16-23(34)30-26-24(27(35)36-4)22(15-38-26)19-11-9-17(2)10-12-19/h5-12,14-15,18H,1,13,16H2,2-4H3,(H,30,34). The quantitative estimate of drug-likeness (QED) is 0.118. The molecule has 0 spiro atoms. The number of amides is 1. The largest absolute Gasteiger partial charge is 0.483 e. The van der Waals surface area contributed by atoms with Gasteiger partial charge in [0.25, 0.3) is 0 Å². The van der Waals surface area contributed by atoms with Crippen molar-refractivity contribution in [3.8, 4) is 16.9 Å². The number of carbonyl (C=O) groups excluding carboxylic acids is 2. The summed E-state index contributed by atoms with van der Waals surface area (Å²) in [5.41, 5.74) is 3.01. The van der Waals surface area contributed by atoms with E-state index in [1.165, 1.54) is 30.2 Å². The molecule has 1 N–H and O–H groups in total. The Morgan fingerprint density at radius 1 is 1.23 bits per heavy atom. The van der Waals surface area contributed by atoms with Crippen molar-refractivity contribution in [3.05, 3.63) is 88.5 Å². The van der Waals surface area contributed by atoms with Gasteiger partial charge >= 0.3 is 5.97 Å². The summed E-state index contributed by atoms with van der Waals surface area (Å²) in [7, 11) is 1.32. The highest BCUT2D eigenvalue weighted by atomic mass is 35.5. The Morgan fingerprint density at radius 3 is 2.69 bits per heavy atom. The fourth-order valence-corrected chi connectivity index (χ4v) is 5.71. The Morgan fingerprint density at radius 2 is 2.00 bits per heavy atom. The maximum atomic E-state index is 12.9. The van der Waals surface area contributed by atoms with E-state index < -0.39 is 12.1 Å². The minimum atomic E-state index is -0.515. The van der Waals surface area contributed by atoms with Crippen LogP contribution >= 0.6 is 34.7 Å². The molecule has 11 heteroatoms. The van der Waals surface area contributed by atoms with Crippen molar-refractivity contribution >= 4 is 51.6 Å². The van der Waals surface area contributed by atoms with Gasteiger partial charge in [-0.2, -0.15) is 0 Å². The third-order valence-corrected chi connectivity index (χ3v) is 7.76. The van der Waals surface area contributed by atoms with E-state index in [4.69, 9.17) is 21.1 Å². The summed E-state index contributed by atoms with van der Waals surface area (Å²) in [5, 5.41) is 14.8. The zero-order valence-electron chi connectivity index (χ0n) is 21.6. The number of esters is 1. The van der Waals surface area contributed by atoms with Gasteiger partial charge in [-0.3, -0.25) is 9.36 Å². The number of benzene rings is 2. The number of allylic oxidation sites excluding steroid dienone is 1. The molecule has 0 aliphatic rings. The van der Waals surface area contributed by atoms with Gasteiger partial charge in [0.1, 0.15) is 16.3 Å². The highest BCUT2D eigenvalue weighted by molar-refractivity contribution is 7.99. The number of rotatable bonds is 11. The fourth-order valence-electron chi connectivity index (χ4n) is 3.80. The van der Waals surface area contributed by atoms with E-state index in [0.717, 1.165) is 11.1 Å². The summed E-state index contributed by atoms with van der Waals surface area (Å²) in [4.78, 5) is 25.6. The van der Waals surface area contributed by atoms with Gasteiger partial charge < -0.3 is 14.8 Å². The van der Waals surface area contributed by atoms with Crippen molar-refractivity contribution in [2.75, 3.05) is 18.2 Å². The predicted octanol–water partition coefficient (Wildman–Crippen LogP) is 6.81. The maximum Gasteiger partial charge on any atom is 0.341 e. The number of aromatic nitrogens is 3. The second-order valence-corrected chi connectivity index (χ2v) is 10.8. The zero-order chi connectivity index (χ0) is 27.9. The molecule has 2 heterocycles. The molecule has 2 aromatic heterocycles. The van der Waals surface area contributed by atoms with E-state index in [9.17, 15) is 9.59 Å². The predicted molar refractivity (Wildman–Crippen MR) is 156 cm³/mol. The number of hydrogen-bond acceptors (Lipinski definition) is 8. The Balaban J connectivity index is 1.47. The smallest absolute Gasteiger partial charge is 0.341 e. The summed E-state index contributed by atoms with van der Waals surface area (Å²) in [6.07, 6.45) is 1.30. The summed E-state index contributed by atoms with van der Waals surface area (Å²) in [6.45, 7) is 8.12. The van der Waals surface area contributed by atoms with Gasteiger partial charge in [0.05, 0.1) is 12.9 Å². The maximum absolute atomic E-state index is 12.9. The molecule has 8 nitrogen and oxygen atoms in total. The number of aryl methyl sites for hydroxylation is 1. The molecule has 1 atom stereocenters. The highest BCUT2D eigenvalue weighted by Gasteiger charge is 2.24. The van der Waals surface area contributed by atoms with E-state index in [1.807, 2.05) is 60.2 Å². The van der Waals surface area contributed by atoms with Crippen LogP contribution in [0.4, 0.5) is 5.00 Å². The van der Waals surface area contributed by atoms with Crippen molar-refractivity contribution in [1.29, 1.82) is 0 Å². The zero-order valence-corrected chi connectivity index (χ0v) is 24.0. The van der Waals surface area contributed by atoms with E-state index >= 15 is 0 Å². The van der Waals surface area contributed by atoms with E-state index in [1.54, 1.807) is 18.2 Å². The molecule has 4 aromatic rings. The van der Waals surface area contributed by atoms with Crippen LogP contribution in [0.1, 0.15) is 34.8 Å². The molecular formula is C28H27ClN4O4S2. The molecule has 2 aromatic carbocycles.